The van der Waals surface area contributed by atoms with Gasteiger partial charge in [0.15, 0.2) is 0 Å². The predicted molar refractivity (Wildman–Crippen MR) is 109 cm³/mol. The van der Waals surface area contributed by atoms with Gasteiger partial charge in [0.2, 0.25) is 15.9 Å². The first-order chi connectivity index (χ1) is 13.0. The number of sulfonamides is 1. The van der Waals surface area contributed by atoms with Crippen molar-refractivity contribution < 1.29 is 13.2 Å². The summed E-state index contributed by atoms with van der Waals surface area (Å²) in [6.07, 6.45) is 0. The molecular formula is C19H21ClN2O3S2. The van der Waals surface area contributed by atoms with Gasteiger partial charge in [-0.1, -0.05) is 54.1 Å². The van der Waals surface area contributed by atoms with E-state index in [9.17, 15) is 13.2 Å². The summed E-state index contributed by atoms with van der Waals surface area (Å²) in [6.45, 7) is 1.36. The highest BCUT2D eigenvalue weighted by Gasteiger charge is 2.31. The quantitative estimate of drug-likeness (QED) is 0.714. The van der Waals surface area contributed by atoms with Crippen LogP contribution in [0.3, 0.4) is 0 Å². The number of hydrogen-bond acceptors (Lipinski definition) is 4. The molecular weight excluding hydrogens is 404 g/mol. The summed E-state index contributed by atoms with van der Waals surface area (Å²) in [5.74, 6) is 1.23. The summed E-state index contributed by atoms with van der Waals surface area (Å²) in [5, 5.41) is 0.216. The van der Waals surface area contributed by atoms with Crippen molar-refractivity contribution in [2.24, 2.45) is 0 Å². The molecule has 1 amide bonds. The fourth-order valence-electron chi connectivity index (χ4n) is 2.89. The van der Waals surface area contributed by atoms with Gasteiger partial charge in [0.05, 0.1) is 10.8 Å². The molecule has 0 aromatic heterocycles. The first kappa shape index (κ1) is 20.2. The summed E-state index contributed by atoms with van der Waals surface area (Å²) in [4.78, 5) is 14.2. The Bertz CT molecular complexity index is 883. The number of nitrogens with zero attached hydrogens (tertiary/aromatic N) is 2. The fourth-order valence-corrected chi connectivity index (χ4v) is 5.70. The van der Waals surface area contributed by atoms with E-state index < -0.39 is 10.0 Å². The number of thioether (sulfide) groups is 1. The SMILES string of the molecule is O=C(CSCc1ccccc1)N1CCN(S(=O)(=O)c2ccccc2Cl)CC1. The molecule has 0 atom stereocenters. The van der Waals surface area contributed by atoms with Crippen molar-refractivity contribution in [1.29, 1.82) is 0 Å². The van der Waals surface area contributed by atoms with Crippen LogP contribution in [-0.2, 0) is 20.6 Å². The molecule has 1 heterocycles. The fraction of sp³-hybridized carbons (Fsp3) is 0.316. The topological polar surface area (TPSA) is 57.7 Å². The van der Waals surface area contributed by atoms with Gasteiger partial charge in [-0.15, -0.1) is 11.8 Å². The average Bonchev–Trinajstić information content (AvgIpc) is 2.69. The van der Waals surface area contributed by atoms with E-state index in [1.165, 1.54) is 15.9 Å². The predicted octanol–water partition coefficient (Wildman–Crippen LogP) is 3.11. The standard InChI is InChI=1S/C19H21ClN2O3S2/c20-17-8-4-5-9-18(17)27(24,25)22-12-10-21(11-13-22)19(23)15-26-14-16-6-2-1-3-7-16/h1-9H,10-15H2. The molecule has 144 valence electrons. The van der Waals surface area contributed by atoms with Crippen molar-refractivity contribution in [3.8, 4) is 0 Å². The minimum absolute atomic E-state index is 0.0470. The molecule has 8 heteroatoms. The first-order valence-corrected chi connectivity index (χ1v) is 11.6. The van der Waals surface area contributed by atoms with Gasteiger partial charge < -0.3 is 4.90 Å². The lowest BCUT2D eigenvalue weighted by Crippen LogP contribution is -2.51. The molecule has 0 N–H and O–H groups in total. The first-order valence-electron chi connectivity index (χ1n) is 8.62. The molecule has 3 rings (SSSR count). The molecule has 0 aliphatic carbocycles. The van der Waals surface area contributed by atoms with Gasteiger partial charge in [-0.05, 0) is 17.7 Å². The van der Waals surface area contributed by atoms with Gasteiger partial charge in [-0.25, -0.2) is 8.42 Å². The number of hydrogen-bond donors (Lipinski definition) is 0. The van der Waals surface area contributed by atoms with E-state index in [-0.39, 0.29) is 28.9 Å². The molecule has 1 fully saturated rings. The number of benzene rings is 2. The minimum Gasteiger partial charge on any atom is -0.339 e. The summed E-state index contributed by atoms with van der Waals surface area (Å²) in [5.41, 5.74) is 1.19. The zero-order valence-electron chi connectivity index (χ0n) is 14.8. The number of halogens is 1. The van der Waals surface area contributed by atoms with E-state index in [1.54, 1.807) is 34.9 Å². The molecule has 0 saturated carbocycles. The third-order valence-corrected chi connectivity index (χ3v) is 7.77. The molecule has 0 bridgehead atoms. The van der Waals surface area contributed by atoms with Crippen molar-refractivity contribution in [1.82, 2.24) is 9.21 Å². The molecule has 27 heavy (non-hydrogen) atoms. The Morgan fingerprint density at radius 2 is 1.59 bits per heavy atom. The summed E-state index contributed by atoms with van der Waals surface area (Å²) < 4.78 is 26.9. The minimum atomic E-state index is -3.64. The zero-order valence-corrected chi connectivity index (χ0v) is 17.1. The summed E-state index contributed by atoms with van der Waals surface area (Å²) >= 11 is 7.61. The highest BCUT2D eigenvalue weighted by Crippen LogP contribution is 2.25. The number of carbonyl (C=O) groups excluding carboxylic acids is 1. The van der Waals surface area contributed by atoms with Crippen molar-refractivity contribution >= 4 is 39.3 Å². The zero-order chi connectivity index (χ0) is 19.3. The van der Waals surface area contributed by atoms with Crippen LogP contribution in [0.1, 0.15) is 5.56 Å². The van der Waals surface area contributed by atoms with Gasteiger partial charge in [-0.3, -0.25) is 4.79 Å². The second kappa shape index (κ2) is 9.10. The van der Waals surface area contributed by atoms with E-state index in [0.717, 1.165) is 5.75 Å². The van der Waals surface area contributed by atoms with Crippen LogP contribution in [0.25, 0.3) is 0 Å². The molecule has 2 aromatic carbocycles. The number of piperazine rings is 1. The lowest BCUT2D eigenvalue weighted by molar-refractivity contribution is -0.129. The van der Waals surface area contributed by atoms with Gasteiger partial charge in [0, 0.05) is 31.9 Å². The van der Waals surface area contributed by atoms with Gasteiger partial charge in [0.1, 0.15) is 4.90 Å². The summed E-state index contributed by atoms with van der Waals surface area (Å²) in [7, 11) is -3.64. The van der Waals surface area contributed by atoms with E-state index in [2.05, 4.69) is 0 Å². The second-order valence-electron chi connectivity index (χ2n) is 6.19. The van der Waals surface area contributed by atoms with E-state index in [4.69, 9.17) is 11.6 Å². The number of amides is 1. The van der Waals surface area contributed by atoms with Crippen LogP contribution < -0.4 is 0 Å². The van der Waals surface area contributed by atoms with Gasteiger partial charge in [-0.2, -0.15) is 4.31 Å². The average molecular weight is 425 g/mol. The van der Waals surface area contributed by atoms with Crippen LogP contribution in [-0.4, -0.2) is 55.5 Å². The van der Waals surface area contributed by atoms with E-state index in [1.807, 2.05) is 30.3 Å². The van der Waals surface area contributed by atoms with Crippen molar-refractivity contribution in [3.63, 3.8) is 0 Å². The molecule has 0 radical (unpaired) electrons. The molecule has 1 aliphatic rings. The molecule has 5 nitrogen and oxygen atoms in total. The van der Waals surface area contributed by atoms with Crippen LogP contribution in [0, 0.1) is 0 Å². The Hall–Kier alpha value is -1.54. The Kier molecular flexibility index (Phi) is 6.81. The Morgan fingerprint density at radius 1 is 0.963 bits per heavy atom. The van der Waals surface area contributed by atoms with Gasteiger partial charge in [0.25, 0.3) is 0 Å². The maximum absolute atomic E-state index is 12.7. The number of carbonyl (C=O) groups is 1. The molecule has 0 spiro atoms. The van der Waals surface area contributed by atoms with Crippen LogP contribution in [0.2, 0.25) is 5.02 Å². The van der Waals surface area contributed by atoms with Crippen LogP contribution >= 0.6 is 23.4 Å². The van der Waals surface area contributed by atoms with Gasteiger partial charge >= 0.3 is 0 Å². The maximum atomic E-state index is 12.7. The lowest BCUT2D eigenvalue weighted by Gasteiger charge is -2.34. The Labute approximate surface area is 169 Å². The third-order valence-electron chi connectivity index (χ3n) is 4.38. The third kappa shape index (κ3) is 5.04. The van der Waals surface area contributed by atoms with E-state index >= 15 is 0 Å². The van der Waals surface area contributed by atoms with Crippen LogP contribution in [0.15, 0.2) is 59.5 Å². The lowest BCUT2D eigenvalue weighted by atomic mass is 10.2. The molecule has 1 aliphatic heterocycles. The summed E-state index contributed by atoms with van der Waals surface area (Å²) in [6, 6.07) is 16.4. The smallest absolute Gasteiger partial charge is 0.244 e. The normalized spacial score (nSPS) is 15.7. The highest BCUT2D eigenvalue weighted by molar-refractivity contribution is 7.99. The van der Waals surface area contributed by atoms with E-state index in [0.29, 0.717) is 18.8 Å². The Balaban J connectivity index is 1.51. The molecule has 0 unspecified atom stereocenters. The van der Waals surface area contributed by atoms with Crippen molar-refractivity contribution in [2.75, 3.05) is 31.9 Å². The van der Waals surface area contributed by atoms with Crippen LogP contribution in [0.4, 0.5) is 0 Å². The largest absolute Gasteiger partial charge is 0.339 e. The second-order valence-corrected chi connectivity index (χ2v) is 9.49. The molecule has 2 aromatic rings. The Morgan fingerprint density at radius 3 is 2.26 bits per heavy atom. The highest BCUT2D eigenvalue weighted by atomic mass is 35.5. The van der Waals surface area contributed by atoms with Crippen molar-refractivity contribution in [2.45, 2.75) is 10.6 Å². The van der Waals surface area contributed by atoms with Crippen molar-refractivity contribution in [3.05, 3.63) is 65.2 Å². The number of rotatable bonds is 6. The van der Waals surface area contributed by atoms with Crippen LogP contribution in [0.5, 0.6) is 0 Å². The monoisotopic (exact) mass is 424 g/mol. The maximum Gasteiger partial charge on any atom is 0.244 e. The molecule has 1 saturated heterocycles.